The van der Waals surface area contributed by atoms with Crippen LogP contribution in [-0.2, 0) is 14.8 Å². The predicted octanol–water partition coefficient (Wildman–Crippen LogP) is 3.22. The number of benzene rings is 2. The molecule has 3 aromatic rings. The third-order valence-electron chi connectivity index (χ3n) is 3.90. The second kappa shape index (κ2) is 8.01. The van der Waals surface area contributed by atoms with E-state index in [1.807, 2.05) is 19.1 Å². The van der Waals surface area contributed by atoms with Crippen LogP contribution in [0.3, 0.4) is 0 Å². The van der Waals surface area contributed by atoms with Crippen molar-refractivity contribution in [2.24, 2.45) is 0 Å². The summed E-state index contributed by atoms with van der Waals surface area (Å²) in [4.78, 5) is 16.6. The van der Waals surface area contributed by atoms with Gasteiger partial charge in [-0.3, -0.25) is 14.1 Å². The molecule has 0 saturated heterocycles. The van der Waals surface area contributed by atoms with E-state index >= 15 is 0 Å². The van der Waals surface area contributed by atoms with E-state index in [0.717, 1.165) is 9.87 Å². The predicted molar refractivity (Wildman–Crippen MR) is 105 cm³/mol. The number of anilines is 2. The van der Waals surface area contributed by atoms with Gasteiger partial charge in [0.15, 0.2) is 0 Å². The number of hydrogen-bond donors (Lipinski definition) is 1. The highest BCUT2D eigenvalue weighted by molar-refractivity contribution is 7.92. The van der Waals surface area contributed by atoms with Gasteiger partial charge in [0.25, 0.3) is 10.0 Å². The second-order valence-corrected chi connectivity index (χ2v) is 7.81. The van der Waals surface area contributed by atoms with Crippen molar-refractivity contribution in [3.63, 3.8) is 0 Å². The lowest BCUT2D eigenvalue weighted by atomic mass is 10.2. The molecule has 6 nitrogen and oxygen atoms in total. The van der Waals surface area contributed by atoms with Gasteiger partial charge in [-0.05, 0) is 43.3 Å². The number of carbonyl (C=O) groups excluding carboxylic acids is 1. The molecule has 0 fully saturated rings. The van der Waals surface area contributed by atoms with Crippen LogP contribution in [0.15, 0.2) is 84.0 Å². The first-order chi connectivity index (χ1) is 13.0. The van der Waals surface area contributed by atoms with Crippen molar-refractivity contribution >= 4 is 27.3 Å². The molecule has 3 rings (SSSR count). The average Bonchev–Trinajstić information content (AvgIpc) is 2.69. The Labute approximate surface area is 158 Å². The minimum atomic E-state index is -3.90. The minimum absolute atomic E-state index is 0.116. The molecule has 27 heavy (non-hydrogen) atoms. The Morgan fingerprint density at radius 1 is 0.963 bits per heavy atom. The van der Waals surface area contributed by atoms with Crippen LogP contribution in [0.2, 0.25) is 0 Å². The number of nitrogens with one attached hydrogen (secondary N) is 1. The van der Waals surface area contributed by atoms with Gasteiger partial charge in [-0.25, -0.2) is 8.42 Å². The fraction of sp³-hybridized carbons (Fsp3) is 0.100. The molecule has 0 atom stereocenters. The van der Waals surface area contributed by atoms with Gasteiger partial charge < -0.3 is 5.32 Å². The summed E-state index contributed by atoms with van der Waals surface area (Å²) in [5.74, 6) is -0.435. The molecule has 1 heterocycles. The van der Waals surface area contributed by atoms with Gasteiger partial charge in [0.1, 0.15) is 6.54 Å². The van der Waals surface area contributed by atoms with Crippen molar-refractivity contribution in [1.82, 2.24) is 4.98 Å². The van der Waals surface area contributed by atoms with E-state index in [1.165, 1.54) is 24.5 Å². The summed E-state index contributed by atoms with van der Waals surface area (Å²) >= 11 is 0. The molecule has 1 amide bonds. The fourth-order valence-electron chi connectivity index (χ4n) is 2.51. The highest BCUT2D eigenvalue weighted by Gasteiger charge is 2.27. The van der Waals surface area contributed by atoms with E-state index in [0.29, 0.717) is 11.4 Å². The van der Waals surface area contributed by atoms with Gasteiger partial charge in [0, 0.05) is 18.1 Å². The zero-order valence-electron chi connectivity index (χ0n) is 14.7. The summed E-state index contributed by atoms with van der Waals surface area (Å²) in [6.45, 7) is 1.60. The topological polar surface area (TPSA) is 79.4 Å². The first-order valence-corrected chi connectivity index (χ1v) is 9.75. The molecule has 0 unspecified atom stereocenters. The summed E-state index contributed by atoms with van der Waals surface area (Å²) < 4.78 is 27.3. The van der Waals surface area contributed by atoms with Crippen LogP contribution in [-0.4, -0.2) is 25.9 Å². The van der Waals surface area contributed by atoms with Gasteiger partial charge in [-0.1, -0.05) is 35.9 Å². The Morgan fingerprint density at radius 2 is 1.59 bits per heavy atom. The van der Waals surface area contributed by atoms with E-state index in [-0.39, 0.29) is 11.4 Å². The largest absolute Gasteiger partial charge is 0.325 e. The first kappa shape index (κ1) is 18.6. The molecule has 138 valence electrons. The molecular formula is C20H19N3O3S. The lowest BCUT2D eigenvalue weighted by Gasteiger charge is -2.24. The van der Waals surface area contributed by atoms with Crippen molar-refractivity contribution in [2.75, 3.05) is 16.2 Å². The lowest BCUT2D eigenvalue weighted by molar-refractivity contribution is -0.114. The van der Waals surface area contributed by atoms with Crippen molar-refractivity contribution in [3.8, 4) is 0 Å². The highest BCUT2D eigenvalue weighted by atomic mass is 32.2. The van der Waals surface area contributed by atoms with Crippen LogP contribution >= 0.6 is 0 Å². The summed E-state index contributed by atoms with van der Waals surface area (Å²) in [6, 6.07) is 18.4. The molecule has 7 heteroatoms. The van der Waals surface area contributed by atoms with Crippen LogP contribution in [0.25, 0.3) is 0 Å². The Kier molecular flexibility index (Phi) is 5.52. The van der Waals surface area contributed by atoms with Crippen molar-refractivity contribution in [2.45, 2.75) is 11.8 Å². The SMILES string of the molecule is Cc1ccc(NC(=O)CN(c2ccncc2)S(=O)(=O)c2ccccc2)cc1. The number of nitrogens with zero attached hydrogens (tertiary/aromatic N) is 2. The number of sulfonamides is 1. The van der Waals surface area contributed by atoms with Crippen LogP contribution < -0.4 is 9.62 Å². The van der Waals surface area contributed by atoms with Crippen molar-refractivity contribution in [1.29, 1.82) is 0 Å². The lowest BCUT2D eigenvalue weighted by Crippen LogP contribution is -2.38. The highest BCUT2D eigenvalue weighted by Crippen LogP contribution is 2.23. The van der Waals surface area contributed by atoms with E-state index in [2.05, 4.69) is 10.3 Å². The summed E-state index contributed by atoms with van der Waals surface area (Å²) in [7, 11) is -3.90. The van der Waals surface area contributed by atoms with E-state index in [4.69, 9.17) is 0 Å². The summed E-state index contributed by atoms with van der Waals surface area (Å²) in [5, 5.41) is 2.73. The van der Waals surface area contributed by atoms with Crippen molar-refractivity contribution in [3.05, 3.63) is 84.7 Å². The van der Waals surface area contributed by atoms with Gasteiger partial charge in [-0.2, -0.15) is 0 Å². The second-order valence-electron chi connectivity index (χ2n) is 5.94. The Hall–Kier alpha value is -3.19. The monoisotopic (exact) mass is 381 g/mol. The molecule has 2 aromatic carbocycles. The first-order valence-electron chi connectivity index (χ1n) is 8.31. The number of aryl methyl sites for hydroxylation is 1. The molecule has 0 bridgehead atoms. The minimum Gasteiger partial charge on any atom is -0.325 e. The number of aromatic nitrogens is 1. The zero-order valence-corrected chi connectivity index (χ0v) is 15.6. The molecule has 1 aromatic heterocycles. The zero-order chi connectivity index (χ0) is 19.3. The molecular weight excluding hydrogens is 362 g/mol. The Morgan fingerprint density at radius 3 is 2.22 bits per heavy atom. The molecule has 1 N–H and O–H groups in total. The molecule has 0 aliphatic heterocycles. The van der Waals surface area contributed by atoms with Gasteiger partial charge in [-0.15, -0.1) is 0 Å². The molecule has 0 spiro atoms. The fourth-order valence-corrected chi connectivity index (χ4v) is 3.95. The summed E-state index contributed by atoms with van der Waals surface area (Å²) in [6.07, 6.45) is 2.97. The third kappa shape index (κ3) is 4.51. The third-order valence-corrected chi connectivity index (χ3v) is 5.69. The van der Waals surface area contributed by atoms with Gasteiger partial charge in [0.05, 0.1) is 10.6 Å². The van der Waals surface area contributed by atoms with Gasteiger partial charge >= 0.3 is 0 Å². The van der Waals surface area contributed by atoms with Crippen LogP contribution in [0, 0.1) is 6.92 Å². The maximum absolute atomic E-state index is 13.1. The number of rotatable bonds is 6. The van der Waals surface area contributed by atoms with Crippen LogP contribution in [0.1, 0.15) is 5.56 Å². The molecule has 0 aliphatic carbocycles. The van der Waals surface area contributed by atoms with E-state index < -0.39 is 15.9 Å². The number of hydrogen-bond acceptors (Lipinski definition) is 4. The van der Waals surface area contributed by atoms with E-state index in [9.17, 15) is 13.2 Å². The summed E-state index contributed by atoms with van der Waals surface area (Å²) in [5.41, 5.74) is 2.04. The average molecular weight is 381 g/mol. The van der Waals surface area contributed by atoms with Gasteiger partial charge in [0.2, 0.25) is 5.91 Å². The maximum Gasteiger partial charge on any atom is 0.264 e. The maximum atomic E-state index is 13.1. The Bertz CT molecular complexity index is 1010. The number of carbonyl (C=O) groups is 1. The number of pyridine rings is 1. The van der Waals surface area contributed by atoms with Crippen LogP contribution in [0.5, 0.6) is 0 Å². The van der Waals surface area contributed by atoms with E-state index in [1.54, 1.807) is 42.5 Å². The molecule has 0 saturated carbocycles. The number of amides is 1. The Balaban J connectivity index is 1.89. The molecule has 0 radical (unpaired) electrons. The molecule has 0 aliphatic rings. The van der Waals surface area contributed by atoms with Crippen molar-refractivity contribution < 1.29 is 13.2 Å². The van der Waals surface area contributed by atoms with Crippen LogP contribution in [0.4, 0.5) is 11.4 Å². The standard InChI is InChI=1S/C20H19N3O3S/c1-16-7-9-17(10-8-16)22-20(24)15-23(18-11-13-21-14-12-18)27(25,26)19-5-3-2-4-6-19/h2-14H,15H2,1H3,(H,22,24). The smallest absolute Gasteiger partial charge is 0.264 e. The quantitative estimate of drug-likeness (QED) is 0.711. The normalized spacial score (nSPS) is 11.0.